The summed E-state index contributed by atoms with van der Waals surface area (Å²) in [5.41, 5.74) is 6.17. The second kappa shape index (κ2) is 5.87. The lowest BCUT2D eigenvalue weighted by molar-refractivity contribution is -0.0132. The van der Waals surface area contributed by atoms with Gasteiger partial charge in [-0.2, -0.15) is 0 Å². The van der Waals surface area contributed by atoms with Crippen molar-refractivity contribution in [1.82, 2.24) is 9.80 Å². The van der Waals surface area contributed by atoms with Crippen LogP contribution in [-0.4, -0.2) is 67.3 Å². The summed E-state index contributed by atoms with van der Waals surface area (Å²) in [5.74, 6) is 0.758. The normalized spacial score (nSPS) is 35.5. The van der Waals surface area contributed by atoms with Gasteiger partial charge < -0.3 is 15.4 Å². The van der Waals surface area contributed by atoms with Gasteiger partial charge in [-0.3, -0.25) is 4.90 Å². The van der Waals surface area contributed by atoms with Gasteiger partial charge in [0, 0.05) is 45.9 Å². The van der Waals surface area contributed by atoms with Gasteiger partial charge in [-0.1, -0.05) is 13.8 Å². The predicted molar refractivity (Wildman–Crippen MR) is 74.7 cm³/mol. The van der Waals surface area contributed by atoms with Crippen molar-refractivity contribution < 1.29 is 4.74 Å². The zero-order valence-corrected chi connectivity index (χ0v) is 12.2. The summed E-state index contributed by atoms with van der Waals surface area (Å²) >= 11 is 0. The van der Waals surface area contributed by atoms with Crippen molar-refractivity contribution in [1.29, 1.82) is 0 Å². The van der Waals surface area contributed by atoms with Crippen LogP contribution >= 0.6 is 0 Å². The molecule has 2 rings (SSSR count). The monoisotopic (exact) mass is 255 g/mol. The van der Waals surface area contributed by atoms with Gasteiger partial charge in [-0.05, 0) is 19.3 Å². The van der Waals surface area contributed by atoms with Crippen LogP contribution in [0.3, 0.4) is 0 Å². The molecule has 0 radical (unpaired) electrons. The van der Waals surface area contributed by atoms with Crippen LogP contribution in [0, 0.1) is 5.92 Å². The molecule has 0 bridgehead atoms. The third-order valence-electron chi connectivity index (χ3n) is 4.64. The number of nitrogens with zero attached hydrogens (tertiary/aromatic N) is 2. The van der Waals surface area contributed by atoms with E-state index in [9.17, 15) is 0 Å². The Kier molecular flexibility index (Phi) is 4.64. The van der Waals surface area contributed by atoms with E-state index in [0.717, 1.165) is 38.6 Å². The molecule has 2 heterocycles. The summed E-state index contributed by atoms with van der Waals surface area (Å²) in [6, 6.07) is 0. The lowest BCUT2D eigenvalue weighted by Gasteiger charge is -2.47. The van der Waals surface area contributed by atoms with Crippen molar-refractivity contribution in [2.45, 2.75) is 38.8 Å². The molecule has 18 heavy (non-hydrogen) atoms. The Morgan fingerprint density at radius 1 is 1.28 bits per heavy atom. The van der Waals surface area contributed by atoms with Gasteiger partial charge in [0.1, 0.15) is 0 Å². The Labute approximate surface area is 111 Å². The van der Waals surface area contributed by atoms with Crippen LogP contribution in [-0.2, 0) is 4.74 Å². The average molecular weight is 255 g/mol. The van der Waals surface area contributed by atoms with Gasteiger partial charge in [0.2, 0.25) is 0 Å². The van der Waals surface area contributed by atoms with Crippen LogP contribution in [0.15, 0.2) is 0 Å². The number of ether oxygens (including phenoxy) is 1. The summed E-state index contributed by atoms with van der Waals surface area (Å²) in [6.45, 7) is 14.2. The fraction of sp³-hybridized carbons (Fsp3) is 1.00. The van der Waals surface area contributed by atoms with Crippen LogP contribution in [0.1, 0.15) is 27.2 Å². The molecule has 2 aliphatic heterocycles. The van der Waals surface area contributed by atoms with Crippen molar-refractivity contribution in [2.24, 2.45) is 11.7 Å². The minimum atomic E-state index is 0.101. The zero-order chi connectivity index (χ0) is 13.2. The molecule has 0 amide bonds. The minimum absolute atomic E-state index is 0.101. The van der Waals surface area contributed by atoms with E-state index in [0.29, 0.717) is 0 Å². The molecule has 0 aromatic heterocycles. The third kappa shape index (κ3) is 2.72. The first kappa shape index (κ1) is 14.3. The second-order valence-corrected chi connectivity index (χ2v) is 6.25. The molecule has 4 nitrogen and oxygen atoms in total. The molecule has 0 aliphatic carbocycles. The van der Waals surface area contributed by atoms with Gasteiger partial charge in [-0.25, -0.2) is 0 Å². The molecule has 0 aromatic rings. The first-order valence-corrected chi connectivity index (χ1v) is 7.37. The van der Waals surface area contributed by atoms with E-state index in [2.05, 4.69) is 30.6 Å². The number of rotatable bonds is 4. The summed E-state index contributed by atoms with van der Waals surface area (Å²) in [7, 11) is 0. The van der Waals surface area contributed by atoms with Crippen LogP contribution in [0.25, 0.3) is 0 Å². The van der Waals surface area contributed by atoms with Crippen LogP contribution < -0.4 is 5.73 Å². The highest BCUT2D eigenvalue weighted by Crippen LogP contribution is 2.32. The molecule has 0 spiro atoms. The van der Waals surface area contributed by atoms with Crippen molar-refractivity contribution >= 4 is 0 Å². The SMILES string of the molecule is CC(C)CN1CCN(C2(CN)CCOC2C)CC1. The summed E-state index contributed by atoms with van der Waals surface area (Å²) in [4.78, 5) is 5.16. The molecular weight excluding hydrogens is 226 g/mol. The first-order valence-electron chi connectivity index (χ1n) is 7.37. The molecule has 2 saturated heterocycles. The maximum absolute atomic E-state index is 6.07. The molecule has 4 heteroatoms. The first-order chi connectivity index (χ1) is 8.58. The Balaban J connectivity index is 1.92. The lowest BCUT2D eigenvalue weighted by Crippen LogP contribution is -2.63. The van der Waals surface area contributed by atoms with E-state index in [-0.39, 0.29) is 11.6 Å². The molecule has 2 aliphatic rings. The summed E-state index contributed by atoms with van der Waals surface area (Å²) < 4.78 is 5.77. The number of hydrogen-bond donors (Lipinski definition) is 1. The molecule has 2 fully saturated rings. The Bertz CT molecular complexity index is 264. The fourth-order valence-electron chi connectivity index (χ4n) is 3.48. The molecule has 2 atom stereocenters. The third-order valence-corrected chi connectivity index (χ3v) is 4.64. The average Bonchev–Trinajstić information content (AvgIpc) is 2.72. The quantitative estimate of drug-likeness (QED) is 0.805. The standard InChI is InChI=1S/C14H29N3O/c1-12(2)10-16-5-7-17(8-6-16)14(11-15)4-9-18-13(14)3/h12-13H,4-11,15H2,1-3H3. The largest absolute Gasteiger partial charge is 0.376 e. The minimum Gasteiger partial charge on any atom is -0.376 e. The van der Waals surface area contributed by atoms with E-state index in [1.807, 2.05) is 0 Å². The predicted octanol–water partition coefficient (Wildman–Crippen LogP) is 0.766. The highest BCUT2D eigenvalue weighted by Gasteiger charge is 2.45. The molecule has 0 saturated carbocycles. The molecule has 0 aromatic carbocycles. The highest BCUT2D eigenvalue weighted by molar-refractivity contribution is 5.01. The second-order valence-electron chi connectivity index (χ2n) is 6.25. The summed E-state index contributed by atoms with van der Waals surface area (Å²) in [6.07, 6.45) is 1.37. The van der Waals surface area contributed by atoms with E-state index in [1.165, 1.54) is 19.6 Å². The van der Waals surface area contributed by atoms with E-state index in [4.69, 9.17) is 10.5 Å². The highest BCUT2D eigenvalue weighted by atomic mass is 16.5. The van der Waals surface area contributed by atoms with Crippen LogP contribution in [0.5, 0.6) is 0 Å². The topological polar surface area (TPSA) is 41.7 Å². The fourth-order valence-corrected chi connectivity index (χ4v) is 3.48. The van der Waals surface area contributed by atoms with Gasteiger partial charge >= 0.3 is 0 Å². The molecule has 106 valence electrons. The van der Waals surface area contributed by atoms with Gasteiger partial charge in [0.25, 0.3) is 0 Å². The van der Waals surface area contributed by atoms with E-state index < -0.39 is 0 Å². The Hall–Kier alpha value is -0.160. The number of hydrogen-bond acceptors (Lipinski definition) is 4. The van der Waals surface area contributed by atoms with Crippen LogP contribution in [0.2, 0.25) is 0 Å². The summed E-state index contributed by atoms with van der Waals surface area (Å²) in [5, 5.41) is 0. The maximum atomic E-state index is 6.07. The Morgan fingerprint density at radius 3 is 2.39 bits per heavy atom. The van der Waals surface area contributed by atoms with E-state index in [1.54, 1.807) is 0 Å². The smallest absolute Gasteiger partial charge is 0.0743 e. The van der Waals surface area contributed by atoms with Gasteiger partial charge in [-0.15, -0.1) is 0 Å². The van der Waals surface area contributed by atoms with Crippen molar-refractivity contribution in [3.05, 3.63) is 0 Å². The van der Waals surface area contributed by atoms with Crippen molar-refractivity contribution in [3.8, 4) is 0 Å². The molecule has 2 N–H and O–H groups in total. The van der Waals surface area contributed by atoms with Gasteiger partial charge in [0.05, 0.1) is 11.6 Å². The zero-order valence-electron chi connectivity index (χ0n) is 12.2. The molecular formula is C14H29N3O. The number of piperazine rings is 1. The number of nitrogens with two attached hydrogens (primary N) is 1. The maximum Gasteiger partial charge on any atom is 0.0743 e. The lowest BCUT2D eigenvalue weighted by atomic mass is 9.89. The molecule has 2 unspecified atom stereocenters. The van der Waals surface area contributed by atoms with Crippen molar-refractivity contribution in [2.75, 3.05) is 45.9 Å². The van der Waals surface area contributed by atoms with E-state index >= 15 is 0 Å². The van der Waals surface area contributed by atoms with Gasteiger partial charge in [0.15, 0.2) is 0 Å². The van der Waals surface area contributed by atoms with Crippen molar-refractivity contribution in [3.63, 3.8) is 0 Å². The Morgan fingerprint density at radius 2 is 1.94 bits per heavy atom. The van der Waals surface area contributed by atoms with Crippen LogP contribution in [0.4, 0.5) is 0 Å².